The van der Waals surface area contributed by atoms with E-state index in [0.717, 1.165) is 11.6 Å². The second-order valence-electron chi connectivity index (χ2n) is 5.43. The summed E-state index contributed by atoms with van der Waals surface area (Å²) in [7, 11) is 0. The summed E-state index contributed by atoms with van der Waals surface area (Å²) in [5, 5.41) is 0. The Balaban J connectivity index is 1.55. The molecule has 5 nitrogen and oxygen atoms in total. The van der Waals surface area contributed by atoms with Gasteiger partial charge in [0.25, 0.3) is 0 Å². The summed E-state index contributed by atoms with van der Waals surface area (Å²) >= 11 is 0. The van der Waals surface area contributed by atoms with Crippen LogP contribution in [0.2, 0.25) is 0 Å². The van der Waals surface area contributed by atoms with Crippen LogP contribution in [0, 0.1) is 0 Å². The molecule has 1 amide bonds. The van der Waals surface area contributed by atoms with E-state index < -0.39 is 23.7 Å². The number of carbonyl (C=O) groups is 1. The van der Waals surface area contributed by atoms with Gasteiger partial charge in [-0.15, -0.1) is 0 Å². The van der Waals surface area contributed by atoms with E-state index >= 15 is 0 Å². The lowest BCUT2D eigenvalue weighted by molar-refractivity contribution is -0.144. The Hall–Kier alpha value is -2.64. The lowest BCUT2D eigenvalue weighted by atomic mass is 10.1. The van der Waals surface area contributed by atoms with Crippen LogP contribution in [0.15, 0.2) is 42.9 Å². The summed E-state index contributed by atoms with van der Waals surface area (Å²) in [6.45, 7) is 0.486. The molecule has 0 atom stereocenters. The van der Waals surface area contributed by atoms with Crippen LogP contribution in [0.5, 0.6) is 5.88 Å². The average molecular weight is 337 g/mol. The van der Waals surface area contributed by atoms with Gasteiger partial charge in [-0.05, 0) is 23.8 Å². The van der Waals surface area contributed by atoms with Crippen molar-refractivity contribution >= 4 is 5.91 Å². The standard InChI is InChI=1S/C16H14F3N3O2/c17-16(18,19)13-4-2-6-21-15(13)24-12-9-22(10-12)14(23)7-11-3-1-5-20-8-11/h1-6,8,12H,7,9-10H2. The van der Waals surface area contributed by atoms with Crippen LogP contribution in [-0.4, -0.2) is 40.0 Å². The van der Waals surface area contributed by atoms with Crippen LogP contribution < -0.4 is 4.74 Å². The van der Waals surface area contributed by atoms with E-state index in [2.05, 4.69) is 9.97 Å². The molecule has 2 aromatic heterocycles. The van der Waals surface area contributed by atoms with E-state index in [9.17, 15) is 18.0 Å². The van der Waals surface area contributed by atoms with Gasteiger partial charge in [0.2, 0.25) is 11.8 Å². The van der Waals surface area contributed by atoms with Gasteiger partial charge >= 0.3 is 6.18 Å². The zero-order chi connectivity index (χ0) is 17.2. The van der Waals surface area contributed by atoms with Gasteiger partial charge in [-0.3, -0.25) is 9.78 Å². The predicted octanol–water partition coefficient (Wildman–Crippen LogP) is 2.33. The molecule has 126 valence electrons. The number of carbonyl (C=O) groups excluding carboxylic acids is 1. The molecule has 1 saturated heterocycles. The third kappa shape index (κ3) is 3.64. The topological polar surface area (TPSA) is 55.3 Å². The molecule has 8 heteroatoms. The first-order valence-corrected chi connectivity index (χ1v) is 7.29. The fourth-order valence-electron chi connectivity index (χ4n) is 2.36. The number of hydrogen-bond donors (Lipinski definition) is 0. The van der Waals surface area contributed by atoms with Gasteiger partial charge in [0.05, 0.1) is 19.5 Å². The molecular formula is C16H14F3N3O2. The van der Waals surface area contributed by atoms with Gasteiger partial charge in [-0.25, -0.2) is 4.98 Å². The van der Waals surface area contributed by atoms with Crippen LogP contribution in [0.25, 0.3) is 0 Å². The zero-order valence-electron chi connectivity index (χ0n) is 12.5. The Labute approximate surface area is 136 Å². The largest absolute Gasteiger partial charge is 0.470 e. The number of hydrogen-bond acceptors (Lipinski definition) is 4. The molecule has 0 unspecified atom stereocenters. The molecule has 0 aromatic carbocycles. The molecule has 2 aromatic rings. The van der Waals surface area contributed by atoms with Crippen LogP contribution in [-0.2, 0) is 17.4 Å². The van der Waals surface area contributed by atoms with Crippen LogP contribution in [0.1, 0.15) is 11.1 Å². The maximum absolute atomic E-state index is 12.9. The van der Waals surface area contributed by atoms with Crippen LogP contribution in [0.3, 0.4) is 0 Å². The van der Waals surface area contributed by atoms with E-state index in [1.54, 1.807) is 24.5 Å². The highest BCUT2D eigenvalue weighted by molar-refractivity contribution is 5.79. The number of rotatable bonds is 4. The normalized spacial score (nSPS) is 15.0. The van der Waals surface area contributed by atoms with Gasteiger partial charge in [-0.2, -0.15) is 13.2 Å². The number of nitrogens with zero attached hydrogens (tertiary/aromatic N) is 3. The minimum absolute atomic E-state index is 0.111. The number of pyridine rings is 2. The van der Waals surface area contributed by atoms with Gasteiger partial charge in [-0.1, -0.05) is 6.07 Å². The molecule has 1 fully saturated rings. The lowest BCUT2D eigenvalue weighted by Crippen LogP contribution is -2.56. The molecule has 0 spiro atoms. The monoisotopic (exact) mass is 337 g/mol. The van der Waals surface area contributed by atoms with Crippen molar-refractivity contribution < 1.29 is 22.7 Å². The maximum Gasteiger partial charge on any atom is 0.421 e. The fourth-order valence-corrected chi connectivity index (χ4v) is 2.36. The number of ether oxygens (including phenoxy) is 1. The minimum atomic E-state index is -4.52. The maximum atomic E-state index is 12.9. The molecule has 1 aliphatic heterocycles. The summed E-state index contributed by atoms with van der Waals surface area (Å²) in [5.41, 5.74) is -0.124. The summed E-state index contributed by atoms with van der Waals surface area (Å²) < 4.78 is 43.9. The quantitative estimate of drug-likeness (QED) is 0.859. The minimum Gasteiger partial charge on any atom is -0.470 e. The summed E-state index contributed by atoms with van der Waals surface area (Å²) in [4.78, 5) is 21.2. The molecular weight excluding hydrogens is 323 g/mol. The van der Waals surface area contributed by atoms with Gasteiger partial charge in [0.1, 0.15) is 11.7 Å². The van der Waals surface area contributed by atoms with Crippen molar-refractivity contribution in [2.75, 3.05) is 13.1 Å². The lowest BCUT2D eigenvalue weighted by Gasteiger charge is -2.39. The number of halogens is 3. The first-order chi connectivity index (χ1) is 11.4. The highest BCUT2D eigenvalue weighted by Crippen LogP contribution is 2.35. The summed E-state index contributed by atoms with van der Waals surface area (Å²) in [5.74, 6) is -0.561. The number of likely N-dealkylation sites (tertiary alicyclic amines) is 1. The van der Waals surface area contributed by atoms with Gasteiger partial charge in [0, 0.05) is 18.6 Å². The van der Waals surface area contributed by atoms with Gasteiger partial charge in [0.15, 0.2) is 0 Å². The Morgan fingerprint density at radius 3 is 2.67 bits per heavy atom. The third-order valence-corrected chi connectivity index (χ3v) is 3.63. The van der Waals surface area contributed by atoms with Crippen molar-refractivity contribution in [2.45, 2.75) is 18.7 Å². The van der Waals surface area contributed by atoms with E-state index in [1.807, 2.05) is 0 Å². The molecule has 0 saturated carbocycles. The van der Waals surface area contributed by atoms with Crippen LogP contribution >= 0.6 is 0 Å². The zero-order valence-corrected chi connectivity index (χ0v) is 12.5. The van der Waals surface area contributed by atoms with Crippen molar-refractivity contribution in [2.24, 2.45) is 0 Å². The van der Waals surface area contributed by atoms with E-state index in [1.165, 1.54) is 17.2 Å². The van der Waals surface area contributed by atoms with Crippen molar-refractivity contribution in [1.29, 1.82) is 0 Å². The Morgan fingerprint density at radius 2 is 2.00 bits per heavy atom. The molecule has 3 heterocycles. The molecule has 0 bridgehead atoms. The Bertz CT molecular complexity index is 716. The van der Waals surface area contributed by atoms with Crippen molar-refractivity contribution in [3.05, 3.63) is 54.0 Å². The van der Waals surface area contributed by atoms with Gasteiger partial charge < -0.3 is 9.64 Å². The number of alkyl halides is 3. The van der Waals surface area contributed by atoms with Crippen molar-refractivity contribution in [3.8, 4) is 5.88 Å². The molecule has 0 radical (unpaired) electrons. The Kier molecular flexibility index (Phi) is 4.37. The fraction of sp³-hybridized carbons (Fsp3) is 0.312. The highest BCUT2D eigenvalue weighted by Gasteiger charge is 2.38. The molecule has 0 N–H and O–H groups in total. The number of amides is 1. The molecule has 1 aliphatic rings. The van der Waals surface area contributed by atoms with E-state index in [0.29, 0.717) is 0 Å². The van der Waals surface area contributed by atoms with E-state index in [-0.39, 0.29) is 25.4 Å². The first-order valence-electron chi connectivity index (χ1n) is 7.29. The highest BCUT2D eigenvalue weighted by atomic mass is 19.4. The van der Waals surface area contributed by atoms with Crippen LogP contribution in [0.4, 0.5) is 13.2 Å². The molecule has 0 aliphatic carbocycles. The van der Waals surface area contributed by atoms with E-state index in [4.69, 9.17) is 4.74 Å². The summed E-state index contributed by atoms with van der Waals surface area (Å²) in [6, 6.07) is 5.67. The third-order valence-electron chi connectivity index (χ3n) is 3.63. The van der Waals surface area contributed by atoms with Crippen molar-refractivity contribution in [3.63, 3.8) is 0 Å². The summed E-state index contributed by atoms with van der Waals surface area (Å²) in [6.07, 6.45) is -0.337. The molecule has 3 rings (SSSR count). The Morgan fingerprint density at radius 1 is 1.25 bits per heavy atom. The smallest absolute Gasteiger partial charge is 0.421 e. The van der Waals surface area contributed by atoms with Crippen molar-refractivity contribution in [1.82, 2.24) is 14.9 Å². The molecule has 24 heavy (non-hydrogen) atoms. The second-order valence-corrected chi connectivity index (χ2v) is 5.43. The first kappa shape index (κ1) is 16.2. The second kappa shape index (κ2) is 6.46. The number of aromatic nitrogens is 2. The average Bonchev–Trinajstić information content (AvgIpc) is 2.50. The predicted molar refractivity (Wildman–Crippen MR) is 78.2 cm³/mol. The SMILES string of the molecule is O=C(Cc1cccnc1)N1CC(Oc2ncccc2C(F)(F)F)C1.